The highest BCUT2D eigenvalue weighted by molar-refractivity contribution is 5.72. The van der Waals surface area contributed by atoms with Crippen LogP contribution in [0.15, 0.2) is 0 Å². The van der Waals surface area contributed by atoms with Gasteiger partial charge in [-0.3, -0.25) is 4.79 Å². The highest BCUT2D eigenvalue weighted by Gasteiger charge is 2.36. The minimum Gasteiger partial charge on any atom is -0.459 e. The van der Waals surface area contributed by atoms with Gasteiger partial charge in [0.05, 0.1) is 12.5 Å². The van der Waals surface area contributed by atoms with Crippen LogP contribution in [0.2, 0.25) is 0 Å². The SMILES string of the molecule is CC(C)CC(O)[C@@H]1OC(=O)C[C@@H]1C. The molecule has 1 saturated heterocycles. The first-order chi connectivity index (χ1) is 6.00. The van der Waals surface area contributed by atoms with Gasteiger partial charge in [0.15, 0.2) is 0 Å². The van der Waals surface area contributed by atoms with E-state index in [0.717, 1.165) is 0 Å². The van der Waals surface area contributed by atoms with Gasteiger partial charge in [-0.15, -0.1) is 0 Å². The molecule has 1 unspecified atom stereocenters. The van der Waals surface area contributed by atoms with Crippen molar-refractivity contribution in [2.45, 2.75) is 45.8 Å². The lowest BCUT2D eigenvalue weighted by Gasteiger charge is -2.21. The molecule has 3 heteroatoms. The number of esters is 1. The third kappa shape index (κ3) is 2.69. The van der Waals surface area contributed by atoms with Crippen molar-refractivity contribution >= 4 is 5.97 Å². The summed E-state index contributed by atoms with van der Waals surface area (Å²) in [5.74, 6) is 0.406. The Morgan fingerprint density at radius 2 is 2.23 bits per heavy atom. The Kier molecular flexibility index (Phi) is 3.31. The van der Waals surface area contributed by atoms with Gasteiger partial charge in [0.1, 0.15) is 6.10 Å². The zero-order chi connectivity index (χ0) is 10.0. The zero-order valence-corrected chi connectivity index (χ0v) is 8.49. The fourth-order valence-electron chi connectivity index (χ4n) is 1.77. The summed E-state index contributed by atoms with van der Waals surface area (Å²) in [4.78, 5) is 10.9. The molecular weight excluding hydrogens is 168 g/mol. The van der Waals surface area contributed by atoms with E-state index in [4.69, 9.17) is 4.74 Å². The normalized spacial score (nSPS) is 30.7. The van der Waals surface area contributed by atoms with Crippen LogP contribution in [0.5, 0.6) is 0 Å². The molecule has 76 valence electrons. The fourth-order valence-corrected chi connectivity index (χ4v) is 1.77. The maximum Gasteiger partial charge on any atom is 0.306 e. The Morgan fingerprint density at radius 3 is 2.62 bits per heavy atom. The third-order valence-corrected chi connectivity index (χ3v) is 2.41. The molecule has 3 atom stereocenters. The molecule has 0 aromatic heterocycles. The van der Waals surface area contributed by atoms with Gasteiger partial charge < -0.3 is 9.84 Å². The van der Waals surface area contributed by atoms with E-state index in [-0.39, 0.29) is 18.0 Å². The van der Waals surface area contributed by atoms with E-state index < -0.39 is 6.10 Å². The molecule has 1 aliphatic heterocycles. The maximum atomic E-state index is 10.9. The number of aliphatic hydroxyl groups is 1. The molecule has 0 aromatic rings. The fraction of sp³-hybridized carbons (Fsp3) is 0.900. The van der Waals surface area contributed by atoms with Gasteiger partial charge >= 0.3 is 5.97 Å². The van der Waals surface area contributed by atoms with Crippen LogP contribution in [0, 0.1) is 11.8 Å². The van der Waals surface area contributed by atoms with Gasteiger partial charge in [-0.05, 0) is 12.3 Å². The van der Waals surface area contributed by atoms with Crippen molar-refractivity contribution < 1.29 is 14.6 Å². The van der Waals surface area contributed by atoms with Gasteiger partial charge in [0.2, 0.25) is 0 Å². The number of hydrogen-bond acceptors (Lipinski definition) is 3. The molecule has 13 heavy (non-hydrogen) atoms. The zero-order valence-electron chi connectivity index (χ0n) is 8.49. The number of carbonyl (C=O) groups is 1. The Balaban J connectivity index is 2.47. The van der Waals surface area contributed by atoms with Gasteiger partial charge in [-0.2, -0.15) is 0 Å². The predicted molar refractivity (Wildman–Crippen MR) is 49.1 cm³/mol. The van der Waals surface area contributed by atoms with E-state index in [1.165, 1.54) is 0 Å². The van der Waals surface area contributed by atoms with E-state index in [0.29, 0.717) is 18.8 Å². The van der Waals surface area contributed by atoms with Gasteiger partial charge in [-0.25, -0.2) is 0 Å². The summed E-state index contributed by atoms with van der Waals surface area (Å²) in [5, 5.41) is 9.73. The summed E-state index contributed by atoms with van der Waals surface area (Å²) >= 11 is 0. The summed E-state index contributed by atoms with van der Waals surface area (Å²) in [7, 11) is 0. The van der Waals surface area contributed by atoms with Crippen molar-refractivity contribution in [2.75, 3.05) is 0 Å². The Hall–Kier alpha value is -0.570. The first kappa shape index (κ1) is 10.5. The quantitative estimate of drug-likeness (QED) is 0.677. The standard InChI is InChI=1S/C10H18O3/c1-6(2)4-8(11)10-7(3)5-9(12)13-10/h6-8,10-11H,4-5H2,1-3H3/t7-,8?,10+/m0/s1. The summed E-state index contributed by atoms with van der Waals surface area (Å²) in [6, 6.07) is 0. The molecule has 3 nitrogen and oxygen atoms in total. The lowest BCUT2D eigenvalue weighted by molar-refractivity contribution is -0.146. The topological polar surface area (TPSA) is 46.5 Å². The molecule has 1 heterocycles. The molecule has 0 spiro atoms. The van der Waals surface area contributed by atoms with E-state index in [1.807, 2.05) is 20.8 Å². The van der Waals surface area contributed by atoms with Crippen LogP contribution in [0.1, 0.15) is 33.6 Å². The minimum absolute atomic E-state index is 0.154. The molecular formula is C10H18O3. The predicted octanol–water partition coefficient (Wildman–Crippen LogP) is 1.34. The number of ether oxygens (including phenoxy) is 1. The van der Waals surface area contributed by atoms with Gasteiger partial charge in [0, 0.05) is 5.92 Å². The molecule has 0 bridgehead atoms. The molecule has 1 rings (SSSR count). The molecule has 0 aromatic carbocycles. The average molecular weight is 186 g/mol. The van der Waals surface area contributed by atoms with Crippen LogP contribution in [-0.2, 0) is 9.53 Å². The molecule has 0 saturated carbocycles. The highest BCUT2D eigenvalue weighted by Crippen LogP contribution is 2.26. The first-order valence-electron chi connectivity index (χ1n) is 4.88. The Labute approximate surface area is 79.1 Å². The van der Waals surface area contributed by atoms with Crippen molar-refractivity contribution in [2.24, 2.45) is 11.8 Å². The van der Waals surface area contributed by atoms with Crippen molar-refractivity contribution in [1.82, 2.24) is 0 Å². The largest absolute Gasteiger partial charge is 0.459 e. The summed E-state index contributed by atoms with van der Waals surface area (Å²) in [5.41, 5.74) is 0. The first-order valence-corrected chi connectivity index (χ1v) is 4.88. The van der Waals surface area contributed by atoms with E-state index in [9.17, 15) is 9.90 Å². The second kappa shape index (κ2) is 4.09. The number of hydrogen-bond donors (Lipinski definition) is 1. The molecule has 1 aliphatic rings. The number of cyclic esters (lactones) is 1. The Bertz CT molecular complexity index is 189. The number of carbonyl (C=O) groups excluding carboxylic acids is 1. The van der Waals surface area contributed by atoms with Gasteiger partial charge in [0.25, 0.3) is 0 Å². The number of rotatable bonds is 3. The lowest BCUT2D eigenvalue weighted by atomic mass is 9.94. The summed E-state index contributed by atoms with van der Waals surface area (Å²) < 4.78 is 5.05. The second-order valence-corrected chi connectivity index (χ2v) is 4.33. The monoisotopic (exact) mass is 186 g/mol. The molecule has 1 N–H and O–H groups in total. The Morgan fingerprint density at radius 1 is 1.62 bits per heavy atom. The van der Waals surface area contributed by atoms with Crippen LogP contribution >= 0.6 is 0 Å². The summed E-state index contributed by atoms with van der Waals surface area (Å²) in [6.45, 7) is 6.04. The van der Waals surface area contributed by atoms with E-state index >= 15 is 0 Å². The molecule has 0 aliphatic carbocycles. The van der Waals surface area contributed by atoms with Crippen LogP contribution in [0.25, 0.3) is 0 Å². The van der Waals surface area contributed by atoms with Crippen molar-refractivity contribution in [3.05, 3.63) is 0 Å². The van der Waals surface area contributed by atoms with Crippen LogP contribution in [0.4, 0.5) is 0 Å². The maximum absolute atomic E-state index is 10.9. The second-order valence-electron chi connectivity index (χ2n) is 4.33. The van der Waals surface area contributed by atoms with Crippen LogP contribution < -0.4 is 0 Å². The highest BCUT2D eigenvalue weighted by atomic mass is 16.6. The average Bonchev–Trinajstić information content (AvgIpc) is 2.28. The van der Waals surface area contributed by atoms with Crippen molar-refractivity contribution in [1.29, 1.82) is 0 Å². The molecule has 0 amide bonds. The van der Waals surface area contributed by atoms with Crippen LogP contribution in [0.3, 0.4) is 0 Å². The van der Waals surface area contributed by atoms with E-state index in [2.05, 4.69) is 0 Å². The summed E-state index contributed by atoms with van der Waals surface area (Å²) in [6.07, 6.45) is 0.360. The van der Waals surface area contributed by atoms with Crippen molar-refractivity contribution in [3.63, 3.8) is 0 Å². The number of aliphatic hydroxyl groups excluding tert-OH is 1. The van der Waals surface area contributed by atoms with Gasteiger partial charge in [-0.1, -0.05) is 20.8 Å². The van der Waals surface area contributed by atoms with Crippen molar-refractivity contribution in [3.8, 4) is 0 Å². The lowest BCUT2D eigenvalue weighted by Crippen LogP contribution is -2.31. The molecule has 1 fully saturated rings. The smallest absolute Gasteiger partial charge is 0.306 e. The molecule has 0 radical (unpaired) electrons. The van der Waals surface area contributed by atoms with E-state index in [1.54, 1.807) is 0 Å². The third-order valence-electron chi connectivity index (χ3n) is 2.41. The van der Waals surface area contributed by atoms with Crippen LogP contribution in [-0.4, -0.2) is 23.3 Å². The minimum atomic E-state index is -0.499.